The molecule has 1 fully saturated rings. The maximum atomic E-state index is 11.9. The first kappa shape index (κ1) is 13.6. The second-order valence-electron chi connectivity index (χ2n) is 4.80. The van der Waals surface area contributed by atoms with Crippen molar-refractivity contribution >= 4 is 21.8 Å². The van der Waals surface area contributed by atoms with E-state index in [4.69, 9.17) is 0 Å². The topological polar surface area (TPSA) is 41.1 Å². The third-order valence-electron chi connectivity index (χ3n) is 3.37. The van der Waals surface area contributed by atoms with Gasteiger partial charge in [-0.15, -0.1) is 0 Å². The van der Waals surface area contributed by atoms with E-state index >= 15 is 0 Å². The average Bonchev–Trinajstić information content (AvgIpc) is 2.85. The van der Waals surface area contributed by atoms with Crippen LogP contribution in [0.25, 0.3) is 0 Å². The third kappa shape index (κ3) is 3.56. The molecule has 3 nitrogen and oxygen atoms in total. The summed E-state index contributed by atoms with van der Waals surface area (Å²) in [6.07, 6.45) is 3.49. The van der Waals surface area contributed by atoms with Crippen LogP contribution in [0.15, 0.2) is 22.7 Å². The predicted octanol–water partition coefficient (Wildman–Crippen LogP) is 2.63. The molecule has 98 valence electrons. The number of rotatable bonds is 4. The van der Waals surface area contributed by atoms with Crippen LogP contribution in [-0.4, -0.2) is 25.0 Å². The lowest BCUT2D eigenvalue weighted by atomic mass is 10.1. The molecule has 1 atom stereocenters. The molecular weight excluding hydrogens is 292 g/mol. The van der Waals surface area contributed by atoms with Crippen LogP contribution in [0.4, 0.5) is 0 Å². The quantitative estimate of drug-likeness (QED) is 0.897. The van der Waals surface area contributed by atoms with Gasteiger partial charge in [-0.25, -0.2) is 0 Å². The van der Waals surface area contributed by atoms with Crippen molar-refractivity contribution in [3.63, 3.8) is 0 Å². The van der Waals surface area contributed by atoms with Crippen molar-refractivity contribution in [2.24, 2.45) is 0 Å². The van der Waals surface area contributed by atoms with E-state index in [0.29, 0.717) is 11.6 Å². The Morgan fingerprint density at radius 1 is 1.56 bits per heavy atom. The summed E-state index contributed by atoms with van der Waals surface area (Å²) in [5.74, 6) is 0.00805. The molecule has 2 rings (SSSR count). The summed E-state index contributed by atoms with van der Waals surface area (Å²) in [6.45, 7) is 3.86. The maximum Gasteiger partial charge on any atom is 0.251 e. The molecule has 0 saturated carbocycles. The zero-order valence-electron chi connectivity index (χ0n) is 10.6. The lowest BCUT2D eigenvalue weighted by molar-refractivity contribution is 0.0952. The Kier molecular flexibility index (Phi) is 4.78. The number of carbonyl (C=O) groups excluding carboxylic acids is 1. The fourth-order valence-corrected chi connectivity index (χ4v) is 2.58. The summed E-state index contributed by atoms with van der Waals surface area (Å²) < 4.78 is 0.979. The normalized spacial score (nSPS) is 18.9. The van der Waals surface area contributed by atoms with Crippen molar-refractivity contribution in [1.82, 2.24) is 10.6 Å². The molecule has 2 N–H and O–H groups in total. The molecule has 1 aliphatic rings. The molecule has 1 aliphatic heterocycles. The number of benzene rings is 1. The SMILES string of the molecule is Cc1ccc(C(=O)NCC[C@H]2CCCN2)cc1Br. The van der Waals surface area contributed by atoms with Crippen molar-refractivity contribution in [1.29, 1.82) is 0 Å². The van der Waals surface area contributed by atoms with Gasteiger partial charge in [0.2, 0.25) is 0 Å². The molecule has 1 amide bonds. The minimum atomic E-state index is 0.00805. The lowest BCUT2D eigenvalue weighted by Crippen LogP contribution is -2.30. The van der Waals surface area contributed by atoms with Gasteiger partial charge in [0.05, 0.1) is 0 Å². The van der Waals surface area contributed by atoms with Crippen LogP contribution in [-0.2, 0) is 0 Å². The standard InChI is InChI=1S/C14H19BrN2O/c1-10-4-5-11(9-13(10)15)14(18)17-8-6-12-3-2-7-16-12/h4-5,9,12,16H,2-3,6-8H2,1H3,(H,17,18)/t12-/m1/s1. The van der Waals surface area contributed by atoms with Gasteiger partial charge >= 0.3 is 0 Å². The van der Waals surface area contributed by atoms with E-state index in [9.17, 15) is 4.79 Å². The molecule has 0 radical (unpaired) electrons. The van der Waals surface area contributed by atoms with Gasteiger partial charge in [0.15, 0.2) is 0 Å². The van der Waals surface area contributed by atoms with Gasteiger partial charge in [0.25, 0.3) is 5.91 Å². The van der Waals surface area contributed by atoms with E-state index in [1.165, 1.54) is 12.8 Å². The van der Waals surface area contributed by atoms with Crippen LogP contribution in [0.2, 0.25) is 0 Å². The Bertz CT molecular complexity index is 428. The van der Waals surface area contributed by atoms with E-state index < -0.39 is 0 Å². The van der Waals surface area contributed by atoms with E-state index in [-0.39, 0.29) is 5.91 Å². The molecule has 0 unspecified atom stereocenters. The number of carbonyl (C=O) groups is 1. The predicted molar refractivity (Wildman–Crippen MR) is 76.9 cm³/mol. The number of nitrogens with one attached hydrogen (secondary N) is 2. The minimum absolute atomic E-state index is 0.00805. The summed E-state index contributed by atoms with van der Waals surface area (Å²) >= 11 is 3.45. The van der Waals surface area contributed by atoms with Crippen LogP contribution in [0, 0.1) is 6.92 Å². The molecule has 1 aromatic carbocycles. The van der Waals surface area contributed by atoms with Gasteiger partial charge in [0.1, 0.15) is 0 Å². The number of amides is 1. The van der Waals surface area contributed by atoms with Crippen LogP contribution in [0.3, 0.4) is 0 Å². The van der Waals surface area contributed by atoms with Crippen molar-refractivity contribution in [2.75, 3.05) is 13.1 Å². The van der Waals surface area contributed by atoms with Crippen molar-refractivity contribution in [2.45, 2.75) is 32.2 Å². The van der Waals surface area contributed by atoms with Gasteiger partial charge in [0, 0.05) is 22.6 Å². The molecule has 1 aromatic rings. The second kappa shape index (κ2) is 6.34. The largest absolute Gasteiger partial charge is 0.352 e. The van der Waals surface area contributed by atoms with Crippen molar-refractivity contribution in [3.05, 3.63) is 33.8 Å². The van der Waals surface area contributed by atoms with Gasteiger partial charge < -0.3 is 10.6 Å². The zero-order chi connectivity index (χ0) is 13.0. The molecular formula is C14H19BrN2O. The fraction of sp³-hybridized carbons (Fsp3) is 0.500. The van der Waals surface area contributed by atoms with E-state index in [0.717, 1.165) is 29.5 Å². The first-order valence-electron chi connectivity index (χ1n) is 6.44. The number of hydrogen-bond acceptors (Lipinski definition) is 2. The lowest BCUT2D eigenvalue weighted by Gasteiger charge is -2.11. The average molecular weight is 311 g/mol. The van der Waals surface area contributed by atoms with Crippen molar-refractivity contribution in [3.8, 4) is 0 Å². The minimum Gasteiger partial charge on any atom is -0.352 e. The van der Waals surface area contributed by atoms with E-state index in [2.05, 4.69) is 26.6 Å². The Morgan fingerprint density at radius 2 is 2.39 bits per heavy atom. The summed E-state index contributed by atoms with van der Waals surface area (Å²) in [4.78, 5) is 11.9. The molecule has 0 bridgehead atoms. The first-order valence-corrected chi connectivity index (χ1v) is 7.24. The number of halogens is 1. The summed E-state index contributed by atoms with van der Waals surface area (Å²) in [5, 5.41) is 6.40. The van der Waals surface area contributed by atoms with Crippen LogP contribution < -0.4 is 10.6 Å². The molecule has 0 aromatic heterocycles. The maximum absolute atomic E-state index is 11.9. The Labute approximate surface area is 116 Å². The molecule has 0 spiro atoms. The Morgan fingerprint density at radius 3 is 3.06 bits per heavy atom. The molecule has 1 heterocycles. The molecule has 0 aliphatic carbocycles. The summed E-state index contributed by atoms with van der Waals surface area (Å²) in [6, 6.07) is 6.27. The monoisotopic (exact) mass is 310 g/mol. The highest BCUT2D eigenvalue weighted by Gasteiger charge is 2.14. The summed E-state index contributed by atoms with van der Waals surface area (Å²) in [7, 11) is 0. The molecule has 4 heteroatoms. The smallest absolute Gasteiger partial charge is 0.251 e. The van der Waals surface area contributed by atoms with Gasteiger partial charge in [-0.3, -0.25) is 4.79 Å². The van der Waals surface area contributed by atoms with Crippen LogP contribution in [0.1, 0.15) is 35.2 Å². The zero-order valence-corrected chi connectivity index (χ0v) is 12.2. The van der Waals surface area contributed by atoms with E-state index in [1.807, 2.05) is 25.1 Å². The highest BCUT2D eigenvalue weighted by atomic mass is 79.9. The van der Waals surface area contributed by atoms with Crippen LogP contribution >= 0.6 is 15.9 Å². The van der Waals surface area contributed by atoms with Crippen molar-refractivity contribution < 1.29 is 4.79 Å². The number of hydrogen-bond donors (Lipinski definition) is 2. The Hall–Kier alpha value is -0.870. The summed E-state index contributed by atoms with van der Waals surface area (Å²) in [5.41, 5.74) is 1.86. The number of aryl methyl sites for hydroxylation is 1. The third-order valence-corrected chi connectivity index (χ3v) is 4.23. The van der Waals surface area contributed by atoms with Gasteiger partial charge in [-0.2, -0.15) is 0 Å². The Balaban J connectivity index is 1.81. The molecule has 18 heavy (non-hydrogen) atoms. The van der Waals surface area contributed by atoms with E-state index in [1.54, 1.807) is 0 Å². The second-order valence-corrected chi connectivity index (χ2v) is 5.66. The highest BCUT2D eigenvalue weighted by Crippen LogP contribution is 2.17. The van der Waals surface area contributed by atoms with Gasteiger partial charge in [-0.05, 0) is 50.4 Å². The van der Waals surface area contributed by atoms with Gasteiger partial charge in [-0.1, -0.05) is 22.0 Å². The first-order chi connectivity index (χ1) is 8.66. The highest BCUT2D eigenvalue weighted by molar-refractivity contribution is 9.10. The fourth-order valence-electron chi connectivity index (χ4n) is 2.20. The molecule has 1 saturated heterocycles. The van der Waals surface area contributed by atoms with Crippen LogP contribution in [0.5, 0.6) is 0 Å².